The van der Waals surface area contributed by atoms with E-state index in [0.717, 1.165) is 37.2 Å². The molecule has 0 bridgehead atoms. The molecule has 40 heavy (non-hydrogen) atoms. The van der Waals surface area contributed by atoms with Crippen LogP contribution in [0.25, 0.3) is 0 Å². The predicted octanol–water partition coefficient (Wildman–Crippen LogP) is 7.07. The standard InChI is InChI=1S/C34H36N2O4/c37-33(35-29-15-19-31(20-16-29)39-25-7-13-27-9-3-1-4-10-27)23-24-34(38)36-30-17-21-32(22-18-30)40-26-8-14-28-11-5-2-6-12-28/h1-6,9-12,15-22H,7-8,13-14,23-26H2,(H,35,37)(H,36,38). The van der Waals surface area contributed by atoms with Crippen molar-refractivity contribution in [3.8, 4) is 11.5 Å². The molecule has 0 heterocycles. The SMILES string of the molecule is O=C(CCC(=O)Nc1ccc(OCCCc2ccccc2)cc1)Nc1ccc(OCCCc2ccccc2)cc1. The summed E-state index contributed by atoms with van der Waals surface area (Å²) in [5.41, 5.74) is 3.93. The highest BCUT2D eigenvalue weighted by Gasteiger charge is 2.08. The molecule has 4 aromatic carbocycles. The molecule has 0 atom stereocenters. The highest BCUT2D eigenvalue weighted by molar-refractivity contribution is 5.96. The third-order valence-electron chi connectivity index (χ3n) is 6.30. The highest BCUT2D eigenvalue weighted by Crippen LogP contribution is 2.18. The summed E-state index contributed by atoms with van der Waals surface area (Å²) in [6.45, 7) is 1.25. The Balaban J connectivity index is 1.08. The number of benzene rings is 4. The first-order valence-electron chi connectivity index (χ1n) is 13.8. The molecule has 0 radical (unpaired) electrons. The third kappa shape index (κ3) is 10.3. The Morgan fingerprint density at radius 1 is 0.500 bits per heavy atom. The zero-order valence-corrected chi connectivity index (χ0v) is 22.7. The van der Waals surface area contributed by atoms with Gasteiger partial charge in [-0.3, -0.25) is 9.59 Å². The van der Waals surface area contributed by atoms with E-state index in [1.807, 2.05) is 60.7 Å². The van der Waals surface area contributed by atoms with Crippen molar-refractivity contribution >= 4 is 23.2 Å². The van der Waals surface area contributed by atoms with Crippen molar-refractivity contribution < 1.29 is 19.1 Å². The summed E-state index contributed by atoms with van der Waals surface area (Å²) in [6.07, 6.45) is 3.98. The lowest BCUT2D eigenvalue weighted by Crippen LogP contribution is -2.17. The number of carbonyl (C=O) groups is 2. The Kier molecular flexibility index (Phi) is 11.2. The minimum atomic E-state index is -0.217. The lowest BCUT2D eigenvalue weighted by molar-refractivity contribution is -0.121. The number of carbonyl (C=O) groups excluding carboxylic acids is 2. The van der Waals surface area contributed by atoms with Gasteiger partial charge in [-0.05, 0) is 85.3 Å². The molecule has 0 aliphatic rings. The van der Waals surface area contributed by atoms with Gasteiger partial charge in [0, 0.05) is 24.2 Å². The van der Waals surface area contributed by atoms with Gasteiger partial charge in [0.25, 0.3) is 0 Å². The summed E-state index contributed by atoms with van der Waals surface area (Å²) in [4.78, 5) is 24.6. The maximum absolute atomic E-state index is 12.3. The lowest BCUT2D eigenvalue weighted by atomic mass is 10.1. The number of hydrogen-bond donors (Lipinski definition) is 2. The largest absolute Gasteiger partial charge is 0.494 e. The van der Waals surface area contributed by atoms with Crippen LogP contribution in [0.4, 0.5) is 11.4 Å². The van der Waals surface area contributed by atoms with Crippen LogP contribution in [-0.2, 0) is 22.4 Å². The van der Waals surface area contributed by atoms with Gasteiger partial charge >= 0.3 is 0 Å². The Morgan fingerprint density at radius 3 is 1.25 bits per heavy atom. The summed E-state index contributed by atoms with van der Waals surface area (Å²) >= 11 is 0. The second-order valence-electron chi connectivity index (χ2n) is 9.52. The molecule has 206 valence electrons. The van der Waals surface area contributed by atoms with E-state index in [4.69, 9.17) is 9.47 Å². The van der Waals surface area contributed by atoms with E-state index in [1.165, 1.54) is 11.1 Å². The van der Waals surface area contributed by atoms with E-state index in [0.29, 0.717) is 24.6 Å². The van der Waals surface area contributed by atoms with Crippen molar-refractivity contribution in [1.29, 1.82) is 0 Å². The zero-order chi connectivity index (χ0) is 27.8. The van der Waals surface area contributed by atoms with E-state index in [1.54, 1.807) is 24.3 Å². The Bertz CT molecular complexity index is 1200. The van der Waals surface area contributed by atoms with Crippen LogP contribution in [0.5, 0.6) is 11.5 Å². The molecule has 6 heteroatoms. The normalized spacial score (nSPS) is 10.5. The summed E-state index contributed by atoms with van der Waals surface area (Å²) in [5.74, 6) is 1.08. The van der Waals surface area contributed by atoms with Gasteiger partial charge in [0.15, 0.2) is 0 Å². The Hall–Kier alpha value is -4.58. The zero-order valence-electron chi connectivity index (χ0n) is 22.7. The number of ether oxygens (including phenoxy) is 2. The van der Waals surface area contributed by atoms with Gasteiger partial charge in [0.1, 0.15) is 11.5 Å². The molecule has 0 saturated carbocycles. The molecule has 2 amide bonds. The number of anilines is 2. The van der Waals surface area contributed by atoms with Crippen LogP contribution in [0.1, 0.15) is 36.8 Å². The maximum Gasteiger partial charge on any atom is 0.224 e. The lowest BCUT2D eigenvalue weighted by Gasteiger charge is -2.10. The topological polar surface area (TPSA) is 76.7 Å². The smallest absolute Gasteiger partial charge is 0.224 e. The van der Waals surface area contributed by atoms with E-state index in [9.17, 15) is 9.59 Å². The molecule has 4 aromatic rings. The van der Waals surface area contributed by atoms with E-state index >= 15 is 0 Å². The second kappa shape index (κ2) is 15.7. The van der Waals surface area contributed by atoms with Crippen molar-refractivity contribution in [1.82, 2.24) is 0 Å². The van der Waals surface area contributed by atoms with Crippen LogP contribution >= 0.6 is 0 Å². The molecule has 0 unspecified atom stereocenters. The Labute approximate surface area is 236 Å². The summed E-state index contributed by atoms with van der Waals surface area (Å²) in [7, 11) is 0. The highest BCUT2D eigenvalue weighted by atomic mass is 16.5. The third-order valence-corrected chi connectivity index (χ3v) is 6.30. The number of amides is 2. The maximum atomic E-state index is 12.3. The van der Waals surface area contributed by atoms with Gasteiger partial charge in [-0.25, -0.2) is 0 Å². The molecule has 0 aliphatic heterocycles. The molecule has 0 saturated heterocycles. The van der Waals surface area contributed by atoms with E-state index in [2.05, 4.69) is 34.9 Å². The summed E-state index contributed by atoms with van der Waals surface area (Å²) < 4.78 is 11.6. The van der Waals surface area contributed by atoms with E-state index < -0.39 is 0 Å². The van der Waals surface area contributed by atoms with Crippen LogP contribution in [0.15, 0.2) is 109 Å². The molecular formula is C34H36N2O4. The number of hydrogen-bond acceptors (Lipinski definition) is 4. The van der Waals surface area contributed by atoms with Crippen LogP contribution in [0.2, 0.25) is 0 Å². The first-order chi connectivity index (χ1) is 19.6. The minimum Gasteiger partial charge on any atom is -0.494 e. The van der Waals surface area contributed by atoms with Gasteiger partial charge < -0.3 is 20.1 Å². The first kappa shape index (κ1) is 28.4. The quantitative estimate of drug-likeness (QED) is 0.159. The molecule has 6 nitrogen and oxygen atoms in total. The number of aryl methyl sites for hydroxylation is 2. The van der Waals surface area contributed by atoms with Crippen LogP contribution in [0.3, 0.4) is 0 Å². The average Bonchev–Trinajstić information content (AvgIpc) is 2.99. The van der Waals surface area contributed by atoms with Crippen molar-refractivity contribution in [2.24, 2.45) is 0 Å². The van der Waals surface area contributed by atoms with Gasteiger partial charge in [-0.15, -0.1) is 0 Å². The molecule has 4 rings (SSSR count). The van der Waals surface area contributed by atoms with Gasteiger partial charge in [-0.1, -0.05) is 60.7 Å². The Morgan fingerprint density at radius 2 is 0.875 bits per heavy atom. The first-order valence-corrected chi connectivity index (χ1v) is 13.8. The van der Waals surface area contributed by atoms with Gasteiger partial charge in [-0.2, -0.15) is 0 Å². The van der Waals surface area contributed by atoms with Gasteiger partial charge in [0.2, 0.25) is 11.8 Å². The molecular weight excluding hydrogens is 500 g/mol. The van der Waals surface area contributed by atoms with E-state index in [-0.39, 0.29) is 24.7 Å². The molecule has 0 aliphatic carbocycles. The monoisotopic (exact) mass is 536 g/mol. The fourth-order valence-electron chi connectivity index (χ4n) is 4.17. The number of nitrogens with one attached hydrogen (secondary N) is 2. The van der Waals surface area contributed by atoms with Crippen molar-refractivity contribution in [3.05, 3.63) is 120 Å². The molecule has 0 fully saturated rings. The second-order valence-corrected chi connectivity index (χ2v) is 9.52. The molecule has 0 spiro atoms. The average molecular weight is 537 g/mol. The van der Waals surface area contributed by atoms with Crippen molar-refractivity contribution in [2.45, 2.75) is 38.5 Å². The number of rotatable bonds is 15. The van der Waals surface area contributed by atoms with Gasteiger partial charge in [0.05, 0.1) is 13.2 Å². The fraction of sp³-hybridized carbons (Fsp3) is 0.235. The van der Waals surface area contributed by atoms with Crippen LogP contribution in [0, 0.1) is 0 Å². The van der Waals surface area contributed by atoms with Crippen LogP contribution in [-0.4, -0.2) is 25.0 Å². The van der Waals surface area contributed by atoms with Crippen LogP contribution < -0.4 is 20.1 Å². The van der Waals surface area contributed by atoms with Crippen molar-refractivity contribution in [2.75, 3.05) is 23.8 Å². The fourth-order valence-corrected chi connectivity index (χ4v) is 4.17. The van der Waals surface area contributed by atoms with Crippen molar-refractivity contribution in [3.63, 3.8) is 0 Å². The minimum absolute atomic E-state index is 0.0895. The predicted molar refractivity (Wildman–Crippen MR) is 160 cm³/mol. The summed E-state index contributed by atoms with van der Waals surface area (Å²) in [6, 6.07) is 35.2. The molecule has 2 N–H and O–H groups in total. The summed E-state index contributed by atoms with van der Waals surface area (Å²) in [5, 5.41) is 5.66. The molecule has 0 aromatic heterocycles.